The number of piperazine rings is 2. The molecule has 4 fully saturated rings. The normalized spacial score (nSPS) is 17.9. The first-order chi connectivity index (χ1) is 34.6. The summed E-state index contributed by atoms with van der Waals surface area (Å²) in [6.07, 6.45) is 3.52. The van der Waals surface area contributed by atoms with Crippen LogP contribution in [-0.2, 0) is 11.6 Å². The average Bonchev–Trinajstić information content (AvgIpc) is 3.39. The number of hydrogen-bond donors (Lipinski definition) is 2. The summed E-state index contributed by atoms with van der Waals surface area (Å²) in [6.45, 7) is 18.8. The van der Waals surface area contributed by atoms with Crippen molar-refractivity contribution in [3.8, 4) is 0 Å². The van der Waals surface area contributed by atoms with Crippen LogP contribution in [0.5, 0.6) is 0 Å². The minimum Gasteiger partial charge on any atom is -0.368 e. The lowest BCUT2D eigenvalue weighted by atomic mass is 9.90. The van der Waals surface area contributed by atoms with E-state index in [0.717, 1.165) is 148 Å². The quantitative estimate of drug-likeness (QED) is 0.120. The molecule has 72 heavy (non-hydrogen) atoms. The number of hydrogen-bond acceptors (Lipinski definition) is 8. The lowest BCUT2D eigenvalue weighted by Gasteiger charge is -2.36. The number of nitrogens with zero attached hydrogens (tertiary/aromatic N) is 8. The van der Waals surface area contributed by atoms with Gasteiger partial charge in [-0.05, 0) is 99.6 Å². The summed E-state index contributed by atoms with van der Waals surface area (Å²) in [5.74, 6) is 1.65. The van der Waals surface area contributed by atoms with Gasteiger partial charge in [0.05, 0.1) is 15.7 Å². The van der Waals surface area contributed by atoms with Gasteiger partial charge in [-0.1, -0.05) is 111 Å². The van der Waals surface area contributed by atoms with Crippen molar-refractivity contribution in [1.29, 1.82) is 0 Å². The first-order valence-corrected chi connectivity index (χ1v) is 26.9. The van der Waals surface area contributed by atoms with E-state index in [4.69, 9.17) is 23.2 Å². The van der Waals surface area contributed by atoms with E-state index in [9.17, 15) is 22.8 Å². The van der Waals surface area contributed by atoms with E-state index >= 15 is 0 Å². The van der Waals surface area contributed by atoms with Crippen molar-refractivity contribution in [2.24, 2.45) is 0 Å². The van der Waals surface area contributed by atoms with Gasteiger partial charge in [0.1, 0.15) is 17.3 Å². The molecule has 4 saturated heterocycles. The van der Waals surface area contributed by atoms with E-state index in [2.05, 4.69) is 89.9 Å². The second-order valence-electron chi connectivity index (χ2n) is 20.6. The molecule has 4 amide bonds. The van der Waals surface area contributed by atoms with Crippen LogP contribution >= 0.6 is 23.2 Å². The van der Waals surface area contributed by atoms with Gasteiger partial charge in [-0.25, -0.2) is 19.6 Å². The Morgan fingerprint density at radius 3 is 1.49 bits per heavy atom. The predicted molar refractivity (Wildman–Crippen MR) is 285 cm³/mol. The molecule has 12 nitrogen and oxygen atoms in total. The fourth-order valence-corrected chi connectivity index (χ4v) is 10.5. The Morgan fingerprint density at radius 2 is 1.04 bits per heavy atom. The second-order valence-corrected chi connectivity index (χ2v) is 21.4. The maximum atomic E-state index is 13.5. The number of carbonyl (C=O) groups is 2. The fraction of sp³-hybridized carbons (Fsp3) is 0.564. The summed E-state index contributed by atoms with van der Waals surface area (Å²) < 4.78 is 40.4. The molecule has 8 rings (SSSR count). The van der Waals surface area contributed by atoms with Crippen LogP contribution in [0.1, 0.15) is 107 Å². The Hall–Kier alpha value is -4.83. The zero-order valence-electron chi connectivity index (χ0n) is 42.5. The van der Waals surface area contributed by atoms with Crippen LogP contribution in [-0.4, -0.2) is 146 Å². The van der Waals surface area contributed by atoms with Gasteiger partial charge < -0.3 is 30.2 Å². The number of urea groups is 2. The first-order valence-electron chi connectivity index (χ1n) is 26.1. The highest BCUT2D eigenvalue weighted by molar-refractivity contribution is 6.43. The van der Waals surface area contributed by atoms with E-state index < -0.39 is 17.3 Å². The summed E-state index contributed by atoms with van der Waals surface area (Å²) in [4.78, 5) is 46.3. The Morgan fingerprint density at radius 1 is 0.583 bits per heavy atom. The lowest BCUT2D eigenvalue weighted by Crippen LogP contribution is -2.47. The number of aromatic nitrogens is 2. The number of rotatable bonds is 14. The third-order valence-corrected chi connectivity index (χ3v) is 15.3. The van der Waals surface area contributed by atoms with Crippen molar-refractivity contribution in [2.75, 3.05) is 115 Å². The number of alkyl halides is 3. The average molecular weight is 1040 g/mol. The van der Waals surface area contributed by atoms with Gasteiger partial charge in [-0.2, -0.15) is 13.2 Å². The fourth-order valence-electron chi connectivity index (χ4n) is 10.0. The van der Waals surface area contributed by atoms with Crippen LogP contribution in [0.2, 0.25) is 10.0 Å². The number of halogens is 5. The highest BCUT2D eigenvalue weighted by Crippen LogP contribution is 2.35. The molecule has 0 saturated carbocycles. The first kappa shape index (κ1) is 54.9. The van der Waals surface area contributed by atoms with Gasteiger partial charge in [0, 0.05) is 103 Å². The van der Waals surface area contributed by atoms with E-state index in [0.29, 0.717) is 47.3 Å². The molecule has 0 radical (unpaired) electrons. The standard InChI is InChI=1S/C29H41F3N6O.C26H34Cl2N4O/c1-28(2,3)26-34-24(29(30,31)32)21-25(35-26)37-19-17-36(18-20-37)14-8-7-13-33-27(39)38-15-11-23(12-16-38)22-9-5-4-6-10-22;27-23-9-6-10-24(25(23)28)31-19-17-30(18-20-31)14-5-4-13-29-26(33)32-15-11-22(12-16-32)21-7-2-1-3-8-21/h4-6,9-10,21,23H,7-8,11-20H2,1-3H3,(H,33,39);1-3,6-10,22H,4-5,11-20H2,(H,29,33). The van der Waals surface area contributed by atoms with Crippen LogP contribution in [0.4, 0.5) is 34.3 Å². The number of piperidine rings is 2. The van der Waals surface area contributed by atoms with E-state index in [1.54, 1.807) is 0 Å². The highest BCUT2D eigenvalue weighted by atomic mass is 35.5. The van der Waals surface area contributed by atoms with Crippen molar-refractivity contribution in [1.82, 2.24) is 40.2 Å². The molecule has 4 aromatic rings. The van der Waals surface area contributed by atoms with Crippen molar-refractivity contribution >= 4 is 46.8 Å². The molecule has 0 atom stereocenters. The van der Waals surface area contributed by atoms with Gasteiger partial charge in [0.25, 0.3) is 0 Å². The van der Waals surface area contributed by atoms with Gasteiger partial charge >= 0.3 is 18.2 Å². The summed E-state index contributed by atoms with van der Waals surface area (Å²) >= 11 is 12.5. The van der Waals surface area contributed by atoms with Gasteiger partial charge in [0.2, 0.25) is 0 Å². The predicted octanol–water partition coefficient (Wildman–Crippen LogP) is 10.8. The number of likely N-dealkylation sites (tertiary alicyclic amines) is 2. The van der Waals surface area contributed by atoms with Crippen LogP contribution in [0.25, 0.3) is 0 Å². The molecular formula is C55H75Cl2F3N10O2. The minimum atomic E-state index is -4.51. The number of anilines is 2. The largest absolute Gasteiger partial charge is 0.433 e. The Balaban J connectivity index is 0.000000214. The summed E-state index contributed by atoms with van der Waals surface area (Å²) in [5, 5.41) is 7.44. The maximum absolute atomic E-state index is 13.5. The molecule has 2 N–H and O–H groups in total. The molecule has 0 spiro atoms. The van der Waals surface area contributed by atoms with Gasteiger partial charge in [-0.15, -0.1) is 0 Å². The number of nitrogens with one attached hydrogen (secondary N) is 2. The highest BCUT2D eigenvalue weighted by Gasteiger charge is 2.36. The summed E-state index contributed by atoms with van der Waals surface area (Å²) in [6, 6.07) is 28.2. The number of amides is 4. The summed E-state index contributed by atoms with van der Waals surface area (Å²) in [7, 11) is 0. The molecule has 3 aromatic carbocycles. The summed E-state index contributed by atoms with van der Waals surface area (Å²) in [5.41, 5.74) is 2.32. The van der Waals surface area contributed by atoms with E-state index in [1.807, 2.05) is 59.7 Å². The van der Waals surface area contributed by atoms with Crippen LogP contribution in [0, 0.1) is 0 Å². The zero-order chi connectivity index (χ0) is 51.1. The molecule has 0 bridgehead atoms. The van der Waals surface area contributed by atoms with Crippen LogP contribution < -0.4 is 20.4 Å². The molecule has 1 aromatic heterocycles. The molecule has 17 heteroatoms. The molecule has 5 heterocycles. The topological polar surface area (TPSA) is 103 Å². The molecule has 4 aliphatic rings. The van der Waals surface area contributed by atoms with Crippen molar-refractivity contribution in [3.05, 3.63) is 118 Å². The number of unbranched alkanes of at least 4 members (excludes halogenated alkanes) is 2. The third kappa shape index (κ3) is 16.1. The molecule has 392 valence electrons. The Kier molecular flexibility index (Phi) is 20.1. The second kappa shape index (κ2) is 26.4. The Labute approximate surface area is 435 Å². The van der Waals surface area contributed by atoms with E-state index in [1.165, 1.54) is 11.1 Å². The molecular weight excluding hydrogens is 961 g/mol. The number of carbonyl (C=O) groups excluding carboxylic acids is 2. The van der Waals surface area contributed by atoms with Crippen LogP contribution in [0.15, 0.2) is 84.9 Å². The van der Waals surface area contributed by atoms with E-state index in [-0.39, 0.29) is 17.9 Å². The van der Waals surface area contributed by atoms with Crippen molar-refractivity contribution in [3.63, 3.8) is 0 Å². The minimum absolute atomic E-state index is 0.0211. The molecule has 0 aliphatic carbocycles. The van der Waals surface area contributed by atoms with Crippen molar-refractivity contribution in [2.45, 2.75) is 95.6 Å². The zero-order valence-corrected chi connectivity index (χ0v) is 44.0. The number of benzene rings is 3. The van der Waals surface area contributed by atoms with Gasteiger partial charge in [0.15, 0.2) is 0 Å². The molecule has 4 aliphatic heterocycles. The smallest absolute Gasteiger partial charge is 0.368 e. The maximum Gasteiger partial charge on any atom is 0.433 e. The van der Waals surface area contributed by atoms with Crippen molar-refractivity contribution < 1.29 is 22.8 Å². The Bertz CT molecular complexity index is 2260. The third-order valence-electron chi connectivity index (χ3n) is 14.5. The van der Waals surface area contributed by atoms with Gasteiger partial charge in [-0.3, -0.25) is 9.80 Å². The monoisotopic (exact) mass is 1030 g/mol. The molecule has 0 unspecified atom stereocenters. The lowest BCUT2D eigenvalue weighted by molar-refractivity contribution is -0.141. The SMILES string of the molecule is CC(C)(C)c1nc(N2CCN(CCCCNC(=O)N3CCC(c4ccccc4)CC3)CC2)cc(C(F)(F)F)n1.O=C(NCCCCN1CCN(c2cccc(Cl)c2Cl)CC1)N1CCC(c2ccccc2)CC1. The van der Waals surface area contributed by atoms with Crippen LogP contribution in [0.3, 0.4) is 0 Å².